The van der Waals surface area contributed by atoms with E-state index in [4.69, 9.17) is 0 Å². The van der Waals surface area contributed by atoms with E-state index < -0.39 is 23.9 Å². The Morgan fingerprint density at radius 2 is 1.91 bits per heavy atom. The van der Waals surface area contributed by atoms with E-state index in [0.29, 0.717) is 17.8 Å². The molecular formula is C26H33N5O4. The molecule has 35 heavy (non-hydrogen) atoms. The fourth-order valence-electron chi connectivity index (χ4n) is 5.73. The van der Waals surface area contributed by atoms with Gasteiger partial charge in [-0.15, -0.1) is 0 Å². The zero-order chi connectivity index (χ0) is 24.7. The molecule has 4 atom stereocenters. The molecule has 0 spiro atoms. The summed E-state index contributed by atoms with van der Waals surface area (Å²) in [7, 11) is 3.97. The second kappa shape index (κ2) is 9.54. The van der Waals surface area contributed by atoms with Gasteiger partial charge in [-0.05, 0) is 69.7 Å². The van der Waals surface area contributed by atoms with Crippen molar-refractivity contribution in [3.63, 3.8) is 0 Å². The molecule has 1 aliphatic carbocycles. The van der Waals surface area contributed by atoms with E-state index >= 15 is 0 Å². The number of carbonyl (C=O) groups is 2. The number of amides is 2. The Balaban J connectivity index is 1.53. The van der Waals surface area contributed by atoms with Crippen LogP contribution in [0.15, 0.2) is 41.5 Å². The van der Waals surface area contributed by atoms with E-state index in [1.165, 1.54) is 0 Å². The molecule has 9 nitrogen and oxygen atoms in total. The molecule has 2 aliphatic heterocycles. The largest absolute Gasteiger partial charge is 0.396 e. The van der Waals surface area contributed by atoms with E-state index in [1.54, 1.807) is 35.2 Å². The van der Waals surface area contributed by atoms with Gasteiger partial charge in [0.05, 0.1) is 18.0 Å². The molecule has 2 amide bonds. The molecule has 3 aliphatic rings. The summed E-state index contributed by atoms with van der Waals surface area (Å²) < 4.78 is 1.71. The second-order valence-corrected chi connectivity index (χ2v) is 10.2. The first-order chi connectivity index (χ1) is 16.9. The summed E-state index contributed by atoms with van der Waals surface area (Å²) in [4.78, 5) is 48.3. The predicted octanol–water partition coefficient (Wildman–Crippen LogP) is 0.878. The maximum Gasteiger partial charge on any atom is 0.258 e. The van der Waals surface area contributed by atoms with Crippen LogP contribution in [0.25, 0.3) is 11.1 Å². The maximum atomic E-state index is 13.6. The van der Waals surface area contributed by atoms with Crippen LogP contribution < -0.4 is 10.9 Å². The highest BCUT2D eigenvalue weighted by Gasteiger charge is 2.58. The number of aromatic nitrogens is 2. The first-order valence-electron chi connectivity index (χ1n) is 12.4. The average Bonchev–Trinajstić information content (AvgIpc) is 3.67. The number of hydrogen-bond donors (Lipinski definition) is 2. The number of hydrogen-bond acceptors (Lipinski definition) is 6. The third-order valence-electron chi connectivity index (χ3n) is 7.60. The van der Waals surface area contributed by atoms with E-state index in [0.717, 1.165) is 31.4 Å². The van der Waals surface area contributed by atoms with Crippen molar-refractivity contribution in [3.05, 3.63) is 52.7 Å². The van der Waals surface area contributed by atoms with Gasteiger partial charge in [-0.3, -0.25) is 19.4 Å². The standard InChI is InChI=1S/C26H33N5O4/c1-29(2)13-3-10-28-24(33)22-19(15-32)21-14-30-20(23(22)31(21)25(34)17-4-5-17)7-6-18(26(30)35)16-8-11-27-12-9-16/h6-9,11-12,17,19,21-23,32H,3-5,10,13-15H2,1-2H3,(H,28,33)/t19-,21-,22+,23+/m0/s1. The lowest BCUT2D eigenvalue weighted by Gasteiger charge is -2.38. The van der Waals surface area contributed by atoms with Crippen LogP contribution in [0.2, 0.25) is 0 Å². The van der Waals surface area contributed by atoms with Crippen molar-refractivity contribution in [1.29, 1.82) is 0 Å². The van der Waals surface area contributed by atoms with Gasteiger partial charge in [-0.25, -0.2) is 0 Å². The van der Waals surface area contributed by atoms with Gasteiger partial charge in [0.1, 0.15) is 0 Å². The molecule has 2 fully saturated rings. The molecule has 2 aromatic heterocycles. The van der Waals surface area contributed by atoms with Crippen molar-refractivity contribution >= 4 is 11.8 Å². The zero-order valence-electron chi connectivity index (χ0n) is 20.3. The Hall–Kier alpha value is -3.04. The summed E-state index contributed by atoms with van der Waals surface area (Å²) in [5.41, 5.74) is 1.86. The van der Waals surface area contributed by atoms with Gasteiger partial charge in [-0.2, -0.15) is 0 Å². The normalized spacial score (nSPS) is 25.0. The lowest BCUT2D eigenvalue weighted by Crippen LogP contribution is -2.49. The molecule has 186 valence electrons. The number of aliphatic hydroxyl groups is 1. The highest BCUT2D eigenvalue weighted by Crippen LogP contribution is 2.50. The Morgan fingerprint density at radius 3 is 2.57 bits per heavy atom. The lowest BCUT2D eigenvalue weighted by molar-refractivity contribution is -0.138. The third kappa shape index (κ3) is 4.27. The lowest BCUT2D eigenvalue weighted by atomic mass is 9.86. The van der Waals surface area contributed by atoms with Crippen molar-refractivity contribution in [3.8, 4) is 11.1 Å². The molecule has 5 rings (SSSR count). The molecule has 1 saturated carbocycles. The number of pyridine rings is 2. The van der Waals surface area contributed by atoms with Crippen LogP contribution in [0, 0.1) is 17.8 Å². The molecule has 2 bridgehead atoms. The zero-order valence-corrected chi connectivity index (χ0v) is 20.3. The van der Waals surface area contributed by atoms with Crippen LogP contribution >= 0.6 is 0 Å². The first-order valence-corrected chi connectivity index (χ1v) is 12.4. The van der Waals surface area contributed by atoms with Crippen molar-refractivity contribution < 1.29 is 14.7 Å². The predicted molar refractivity (Wildman–Crippen MR) is 130 cm³/mol. The summed E-state index contributed by atoms with van der Waals surface area (Å²) in [5.74, 6) is -1.18. The minimum absolute atomic E-state index is 0.0180. The van der Waals surface area contributed by atoms with Gasteiger partial charge in [0, 0.05) is 55.2 Å². The molecular weight excluding hydrogens is 446 g/mol. The summed E-state index contributed by atoms with van der Waals surface area (Å²) in [6, 6.07) is 6.29. The number of aliphatic hydroxyl groups excluding tert-OH is 1. The topological polar surface area (TPSA) is 108 Å². The van der Waals surface area contributed by atoms with E-state index in [2.05, 4.69) is 15.2 Å². The van der Waals surface area contributed by atoms with Crippen LogP contribution in [0.1, 0.15) is 31.0 Å². The second-order valence-electron chi connectivity index (χ2n) is 10.2. The van der Waals surface area contributed by atoms with Gasteiger partial charge in [0.2, 0.25) is 11.8 Å². The Morgan fingerprint density at radius 1 is 1.17 bits per heavy atom. The highest BCUT2D eigenvalue weighted by atomic mass is 16.3. The van der Waals surface area contributed by atoms with Gasteiger partial charge in [0.25, 0.3) is 5.56 Å². The number of nitrogens with zero attached hydrogens (tertiary/aromatic N) is 4. The number of rotatable bonds is 8. The fourth-order valence-corrected chi connectivity index (χ4v) is 5.73. The molecule has 4 heterocycles. The first kappa shape index (κ1) is 23.7. The van der Waals surface area contributed by atoms with Crippen molar-refractivity contribution in [1.82, 2.24) is 24.7 Å². The molecule has 0 radical (unpaired) electrons. The Labute approximate surface area is 204 Å². The number of fused-ring (bicyclic) bond motifs is 4. The summed E-state index contributed by atoms with van der Waals surface area (Å²) in [6.07, 6.45) is 5.81. The Bertz CT molecular complexity index is 1160. The van der Waals surface area contributed by atoms with Crippen LogP contribution in [-0.2, 0) is 16.1 Å². The van der Waals surface area contributed by atoms with Crippen LogP contribution in [0.4, 0.5) is 0 Å². The molecule has 0 aromatic carbocycles. The van der Waals surface area contributed by atoms with Gasteiger partial charge in [-0.1, -0.05) is 0 Å². The quantitative estimate of drug-likeness (QED) is 0.545. The number of nitrogens with one attached hydrogen (secondary N) is 1. The minimum atomic E-state index is -0.605. The highest BCUT2D eigenvalue weighted by molar-refractivity contribution is 5.86. The van der Waals surface area contributed by atoms with Crippen molar-refractivity contribution in [2.24, 2.45) is 17.8 Å². The van der Waals surface area contributed by atoms with Gasteiger partial charge < -0.3 is 24.8 Å². The average molecular weight is 480 g/mol. The van der Waals surface area contributed by atoms with Crippen molar-refractivity contribution in [2.75, 3.05) is 33.8 Å². The number of carbonyl (C=O) groups excluding carboxylic acids is 2. The van der Waals surface area contributed by atoms with Gasteiger partial charge in [0.15, 0.2) is 0 Å². The van der Waals surface area contributed by atoms with E-state index in [1.807, 2.05) is 25.1 Å². The monoisotopic (exact) mass is 479 g/mol. The third-order valence-corrected chi connectivity index (χ3v) is 7.60. The van der Waals surface area contributed by atoms with Crippen LogP contribution in [0.3, 0.4) is 0 Å². The smallest absolute Gasteiger partial charge is 0.258 e. The van der Waals surface area contributed by atoms with E-state index in [-0.39, 0.29) is 36.4 Å². The molecule has 0 unspecified atom stereocenters. The molecule has 2 aromatic rings. The van der Waals surface area contributed by atoms with Gasteiger partial charge >= 0.3 is 0 Å². The molecule has 1 saturated heterocycles. The van der Waals surface area contributed by atoms with Crippen molar-refractivity contribution in [2.45, 2.75) is 37.9 Å². The molecule has 2 N–H and O–H groups in total. The Kier molecular flexibility index (Phi) is 6.46. The SMILES string of the molecule is CN(C)CCCNC(=O)[C@@H]1[C@@H](CO)[C@@H]2Cn3c(ccc(-c4ccncc4)c3=O)[C@H]1N2C(=O)C1CC1. The summed E-state index contributed by atoms with van der Waals surface area (Å²) in [5, 5.41) is 13.4. The minimum Gasteiger partial charge on any atom is -0.396 e. The van der Waals surface area contributed by atoms with Crippen LogP contribution in [0.5, 0.6) is 0 Å². The fraction of sp³-hybridized carbons (Fsp3) is 0.538. The summed E-state index contributed by atoms with van der Waals surface area (Å²) >= 11 is 0. The van der Waals surface area contributed by atoms with E-state index in [9.17, 15) is 19.5 Å². The molecule has 9 heteroatoms. The maximum absolute atomic E-state index is 13.6. The van der Waals surface area contributed by atoms with Crippen LogP contribution in [-0.4, -0.2) is 76.1 Å². The summed E-state index contributed by atoms with van der Waals surface area (Å²) in [6.45, 7) is 1.43.